The Bertz CT molecular complexity index is 459. The zero-order valence-electron chi connectivity index (χ0n) is 11.0. The normalized spacial score (nSPS) is 16.7. The average molecular weight is 437 g/mol. The van der Waals surface area contributed by atoms with Gasteiger partial charge in [-0.25, -0.2) is 0 Å². The second kappa shape index (κ2) is 7.04. The number of carbonyl (C=O) groups is 1. The third kappa shape index (κ3) is 3.92. The molecule has 0 atom stereocenters. The first-order chi connectivity index (χ1) is 9.11. The zero-order chi connectivity index (χ0) is 13.8. The van der Waals surface area contributed by atoms with E-state index in [9.17, 15) is 4.79 Å². The lowest BCUT2D eigenvalue weighted by atomic mass is 10.2. The Morgan fingerprint density at radius 1 is 1.32 bits per heavy atom. The largest absolute Gasteiger partial charge is 0.336 e. The van der Waals surface area contributed by atoms with E-state index in [4.69, 9.17) is 0 Å². The first kappa shape index (κ1) is 15.3. The number of hydrogen-bond donors (Lipinski definition) is 0. The van der Waals surface area contributed by atoms with Crippen LogP contribution in [0.3, 0.4) is 0 Å². The minimum Gasteiger partial charge on any atom is -0.336 e. The van der Waals surface area contributed by atoms with Crippen molar-refractivity contribution in [2.75, 3.05) is 32.7 Å². The van der Waals surface area contributed by atoms with E-state index in [-0.39, 0.29) is 5.91 Å². The smallest absolute Gasteiger partial charge is 0.255 e. The molecule has 1 heterocycles. The van der Waals surface area contributed by atoms with Crippen LogP contribution in [0.1, 0.15) is 23.7 Å². The number of amides is 1. The van der Waals surface area contributed by atoms with Gasteiger partial charge in [-0.1, -0.05) is 6.92 Å². The third-order valence-corrected chi connectivity index (χ3v) is 4.72. The Morgan fingerprint density at radius 3 is 2.63 bits per heavy atom. The van der Waals surface area contributed by atoms with Gasteiger partial charge >= 0.3 is 0 Å². The van der Waals surface area contributed by atoms with Gasteiger partial charge in [-0.3, -0.25) is 9.69 Å². The Kier molecular flexibility index (Phi) is 5.65. The molecule has 0 radical (unpaired) electrons. The molecule has 1 aromatic rings. The SMILES string of the molecule is CCCN1CCN(C(=O)c2cc(I)ccc2Br)CC1. The molecule has 19 heavy (non-hydrogen) atoms. The van der Waals surface area contributed by atoms with Crippen molar-refractivity contribution < 1.29 is 4.79 Å². The lowest BCUT2D eigenvalue weighted by molar-refractivity contribution is 0.0636. The fourth-order valence-corrected chi connectivity index (χ4v) is 3.23. The van der Waals surface area contributed by atoms with Gasteiger partial charge in [-0.15, -0.1) is 0 Å². The summed E-state index contributed by atoms with van der Waals surface area (Å²) in [5, 5.41) is 0. The molecule has 2 rings (SSSR count). The van der Waals surface area contributed by atoms with Gasteiger partial charge in [0.2, 0.25) is 0 Å². The van der Waals surface area contributed by atoms with Crippen LogP contribution < -0.4 is 0 Å². The van der Waals surface area contributed by atoms with E-state index < -0.39 is 0 Å². The molecular formula is C14H18BrIN2O. The highest BCUT2D eigenvalue weighted by atomic mass is 127. The molecule has 5 heteroatoms. The maximum atomic E-state index is 12.5. The van der Waals surface area contributed by atoms with Crippen molar-refractivity contribution in [3.63, 3.8) is 0 Å². The van der Waals surface area contributed by atoms with Crippen molar-refractivity contribution in [1.29, 1.82) is 0 Å². The first-order valence-corrected chi connectivity index (χ1v) is 8.45. The predicted molar refractivity (Wildman–Crippen MR) is 89.5 cm³/mol. The number of carbonyl (C=O) groups excluding carboxylic acids is 1. The van der Waals surface area contributed by atoms with Crippen LogP contribution in [0.4, 0.5) is 0 Å². The molecule has 1 aliphatic rings. The van der Waals surface area contributed by atoms with Gasteiger partial charge in [-0.2, -0.15) is 0 Å². The van der Waals surface area contributed by atoms with Crippen LogP contribution >= 0.6 is 38.5 Å². The van der Waals surface area contributed by atoms with E-state index in [2.05, 4.69) is 50.3 Å². The topological polar surface area (TPSA) is 23.6 Å². The van der Waals surface area contributed by atoms with E-state index in [1.54, 1.807) is 0 Å². The summed E-state index contributed by atoms with van der Waals surface area (Å²) in [6, 6.07) is 5.90. The quantitative estimate of drug-likeness (QED) is 0.679. The maximum absolute atomic E-state index is 12.5. The molecule has 1 fully saturated rings. The predicted octanol–water partition coefficient (Wildman–Crippen LogP) is 3.22. The van der Waals surface area contributed by atoms with Crippen molar-refractivity contribution in [2.45, 2.75) is 13.3 Å². The summed E-state index contributed by atoms with van der Waals surface area (Å²) >= 11 is 5.71. The zero-order valence-corrected chi connectivity index (χ0v) is 14.8. The second-order valence-corrected chi connectivity index (χ2v) is 6.86. The van der Waals surface area contributed by atoms with Crippen LogP contribution in [-0.4, -0.2) is 48.4 Å². The maximum Gasteiger partial charge on any atom is 0.255 e. The summed E-state index contributed by atoms with van der Waals surface area (Å²) in [6.45, 7) is 6.96. The molecule has 1 amide bonds. The van der Waals surface area contributed by atoms with Gasteiger partial charge in [-0.05, 0) is 69.7 Å². The van der Waals surface area contributed by atoms with E-state index >= 15 is 0 Å². The Hall–Kier alpha value is -0.140. The molecule has 0 aromatic heterocycles. The molecule has 0 unspecified atom stereocenters. The minimum atomic E-state index is 0.140. The molecule has 0 N–H and O–H groups in total. The lowest BCUT2D eigenvalue weighted by Crippen LogP contribution is -2.48. The van der Waals surface area contributed by atoms with Crippen LogP contribution in [0, 0.1) is 3.57 Å². The molecule has 0 bridgehead atoms. The highest BCUT2D eigenvalue weighted by Crippen LogP contribution is 2.21. The fraction of sp³-hybridized carbons (Fsp3) is 0.500. The van der Waals surface area contributed by atoms with Crippen molar-refractivity contribution in [3.05, 3.63) is 31.8 Å². The van der Waals surface area contributed by atoms with Gasteiger partial charge < -0.3 is 4.90 Å². The van der Waals surface area contributed by atoms with E-state index in [0.717, 1.165) is 46.3 Å². The van der Waals surface area contributed by atoms with Gasteiger partial charge in [0.1, 0.15) is 0 Å². The summed E-state index contributed by atoms with van der Waals surface area (Å²) in [7, 11) is 0. The van der Waals surface area contributed by atoms with Crippen molar-refractivity contribution >= 4 is 44.4 Å². The second-order valence-electron chi connectivity index (χ2n) is 4.76. The third-order valence-electron chi connectivity index (χ3n) is 3.36. The number of benzene rings is 1. The molecule has 0 aliphatic carbocycles. The summed E-state index contributed by atoms with van der Waals surface area (Å²) < 4.78 is 1.97. The molecular weight excluding hydrogens is 419 g/mol. The summed E-state index contributed by atoms with van der Waals surface area (Å²) in [5.41, 5.74) is 0.774. The number of piperazine rings is 1. The Balaban J connectivity index is 2.03. The highest BCUT2D eigenvalue weighted by molar-refractivity contribution is 14.1. The Labute approximate surface area is 136 Å². The minimum absolute atomic E-state index is 0.140. The number of halogens is 2. The fourth-order valence-electron chi connectivity index (χ4n) is 2.32. The van der Waals surface area contributed by atoms with E-state index in [0.29, 0.717) is 0 Å². The average Bonchev–Trinajstić information content (AvgIpc) is 2.42. The summed E-state index contributed by atoms with van der Waals surface area (Å²) in [5.74, 6) is 0.140. The molecule has 104 valence electrons. The standard InChI is InChI=1S/C14H18BrIN2O/c1-2-5-17-6-8-18(9-7-17)14(19)12-10-11(16)3-4-13(12)15/h3-4,10H,2,5-9H2,1H3. The van der Waals surface area contributed by atoms with Gasteiger partial charge in [0, 0.05) is 34.2 Å². The molecule has 0 saturated carbocycles. The molecule has 3 nitrogen and oxygen atoms in total. The van der Waals surface area contributed by atoms with E-state index in [1.165, 1.54) is 6.42 Å². The van der Waals surface area contributed by atoms with Crippen LogP contribution in [0.2, 0.25) is 0 Å². The van der Waals surface area contributed by atoms with Crippen LogP contribution in [-0.2, 0) is 0 Å². The molecule has 0 spiro atoms. The van der Waals surface area contributed by atoms with Crippen molar-refractivity contribution in [2.24, 2.45) is 0 Å². The first-order valence-electron chi connectivity index (χ1n) is 6.58. The lowest BCUT2D eigenvalue weighted by Gasteiger charge is -2.34. The number of nitrogens with zero attached hydrogens (tertiary/aromatic N) is 2. The van der Waals surface area contributed by atoms with Gasteiger partial charge in [0.05, 0.1) is 5.56 Å². The molecule has 1 aliphatic heterocycles. The molecule has 1 aromatic carbocycles. The van der Waals surface area contributed by atoms with Gasteiger partial charge in [0.15, 0.2) is 0 Å². The van der Waals surface area contributed by atoms with Gasteiger partial charge in [0.25, 0.3) is 5.91 Å². The van der Waals surface area contributed by atoms with Crippen LogP contribution in [0.5, 0.6) is 0 Å². The summed E-state index contributed by atoms with van der Waals surface area (Å²) in [6.07, 6.45) is 1.18. The van der Waals surface area contributed by atoms with Crippen LogP contribution in [0.25, 0.3) is 0 Å². The van der Waals surface area contributed by atoms with Crippen molar-refractivity contribution in [1.82, 2.24) is 9.80 Å². The van der Waals surface area contributed by atoms with Crippen LogP contribution in [0.15, 0.2) is 22.7 Å². The number of rotatable bonds is 3. The monoisotopic (exact) mass is 436 g/mol. The molecule has 1 saturated heterocycles. The number of hydrogen-bond acceptors (Lipinski definition) is 2. The van der Waals surface area contributed by atoms with E-state index in [1.807, 2.05) is 23.1 Å². The van der Waals surface area contributed by atoms with Crippen molar-refractivity contribution in [3.8, 4) is 0 Å². The highest BCUT2D eigenvalue weighted by Gasteiger charge is 2.23. The Morgan fingerprint density at radius 2 is 2.00 bits per heavy atom. The summed E-state index contributed by atoms with van der Waals surface area (Å²) in [4.78, 5) is 16.9.